The summed E-state index contributed by atoms with van der Waals surface area (Å²) in [5.41, 5.74) is 4.09. The largest absolute Gasteiger partial charge is 0.257 e. The Morgan fingerprint density at radius 1 is 0.762 bits per heavy atom. The van der Waals surface area contributed by atoms with Crippen LogP contribution in [0, 0.1) is 27.7 Å². The molecule has 6 heteroatoms. The van der Waals surface area contributed by atoms with Gasteiger partial charge in [-0.15, -0.1) is 0 Å². The van der Waals surface area contributed by atoms with Gasteiger partial charge in [0, 0.05) is 0 Å². The van der Waals surface area contributed by atoms with Crippen molar-refractivity contribution >= 4 is 38.0 Å². The smallest absolute Gasteiger partial charge is 0.124 e. The maximum absolute atomic E-state index is 4.57. The molecule has 0 spiro atoms. The van der Waals surface area contributed by atoms with Crippen LogP contribution in [-0.2, 0) is 0 Å². The molecule has 0 bridgehead atoms. The summed E-state index contributed by atoms with van der Waals surface area (Å²) in [5, 5.41) is 0. The van der Waals surface area contributed by atoms with E-state index >= 15 is 0 Å². The first-order valence-corrected chi connectivity index (χ1v) is 17.7. The van der Waals surface area contributed by atoms with Gasteiger partial charge < -0.3 is 0 Å². The van der Waals surface area contributed by atoms with Gasteiger partial charge in [0.15, 0.2) is 0 Å². The molecule has 114 valence electrons. The van der Waals surface area contributed by atoms with Gasteiger partial charge in [-0.05, 0) is 29.8 Å². The van der Waals surface area contributed by atoms with Crippen molar-refractivity contribution in [3.63, 3.8) is 0 Å². The number of hydrogen-bond acceptors (Lipinski definition) is 4. The van der Waals surface area contributed by atoms with Crippen LogP contribution in [0.25, 0.3) is 0 Å². The second kappa shape index (κ2) is 7.63. The number of nitrogens with zero attached hydrogens (tertiary/aromatic N) is 4. The molecule has 2 heterocycles. The summed E-state index contributed by atoms with van der Waals surface area (Å²) >= 11 is 1.26. The van der Waals surface area contributed by atoms with Crippen LogP contribution in [0.5, 0.6) is 0 Å². The fraction of sp³-hybridized carbons (Fsp3) is 0.467. The van der Waals surface area contributed by atoms with Gasteiger partial charge in [0.2, 0.25) is 0 Å². The van der Waals surface area contributed by atoms with E-state index < -0.39 is 18.4 Å². The molecule has 4 nitrogen and oxygen atoms in total. The Kier molecular flexibility index (Phi) is 6.71. The first-order chi connectivity index (χ1) is 9.61. The second-order valence-electron chi connectivity index (χ2n) is 6.04. The topological polar surface area (TPSA) is 51.6 Å². The monoisotopic (exact) mass is 458 g/mol. The Labute approximate surface area is 139 Å². The van der Waals surface area contributed by atoms with Crippen molar-refractivity contribution in [2.24, 2.45) is 0 Å². The van der Waals surface area contributed by atoms with E-state index in [1.807, 2.05) is 33.9 Å². The SMILES string of the molecule is Cc1nc[c]([Sn]([CH3])([CH3])[CH3])nc1C.Cc1ncc(Br)nc1C. The van der Waals surface area contributed by atoms with Crippen molar-refractivity contribution in [2.75, 3.05) is 0 Å². The summed E-state index contributed by atoms with van der Waals surface area (Å²) < 4.78 is 2.07. The molecule has 21 heavy (non-hydrogen) atoms. The van der Waals surface area contributed by atoms with E-state index in [0.717, 1.165) is 27.4 Å². The van der Waals surface area contributed by atoms with Crippen LogP contribution in [0.3, 0.4) is 0 Å². The van der Waals surface area contributed by atoms with Crippen molar-refractivity contribution in [3.8, 4) is 0 Å². The summed E-state index contributed by atoms with van der Waals surface area (Å²) in [6.07, 6.45) is 3.65. The predicted molar refractivity (Wildman–Crippen MR) is 93.7 cm³/mol. The number of halogens is 1. The summed E-state index contributed by atoms with van der Waals surface area (Å²) in [4.78, 5) is 24.2. The minimum absolute atomic E-state index is 0.797. The molecule has 0 aliphatic carbocycles. The van der Waals surface area contributed by atoms with E-state index in [9.17, 15) is 0 Å². The molecule has 0 aliphatic heterocycles. The van der Waals surface area contributed by atoms with Crippen LogP contribution < -0.4 is 3.71 Å². The first kappa shape index (κ1) is 18.5. The fourth-order valence-electron chi connectivity index (χ4n) is 1.42. The zero-order chi connectivity index (χ0) is 16.2. The average Bonchev–Trinajstić information content (AvgIpc) is 2.37. The molecule has 0 amide bonds. The third-order valence-corrected chi connectivity index (χ3v) is 8.58. The zero-order valence-corrected chi connectivity index (χ0v) is 18.3. The number of aromatic nitrogens is 4. The number of rotatable bonds is 1. The Morgan fingerprint density at radius 3 is 1.62 bits per heavy atom. The van der Waals surface area contributed by atoms with Crippen LogP contribution in [0.1, 0.15) is 22.8 Å². The molecule has 0 aliphatic rings. The van der Waals surface area contributed by atoms with Crippen molar-refractivity contribution < 1.29 is 0 Å². The van der Waals surface area contributed by atoms with Crippen molar-refractivity contribution in [1.29, 1.82) is 0 Å². The van der Waals surface area contributed by atoms with Gasteiger partial charge in [0.1, 0.15) is 4.60 Å². The van der Waals surface area contributed by atoms with E-state index in [1.165, 1.54) is 3.71 Å². The summed E-state index contributed by atoms with van der Waals surface area (Å²) in [6.45, 7) is 7.91. The van der Waals surface area contributed by atoms with Crippen molar-refractivity contribution in [3.05, 3.63) is 39.8 Å². The Balaban J connectivity index is 0.000000219. The second-order valence-corrected chi connectivity index (χ2v) is 21.2. The molecule has 0 saturated carbocycles. The maximum atomic E-state index is 4.57. The normalized spacial score (nSPS) is 10.9. The standard InChI is InChI=1S/C6H7BrN2.C6H7N2.3CH3.Sn/c1-4-5(2)9-6(7)3-8-4;1-5-6(2)8-4-3-7-5;;;;/h3H,1-2H3;3H,1-2H3;3*1H3;. The molecule has 2 aromatic rings. The van der Waals surface area contributed by atoms with E-state index in [4.69, 9.17) is 0 Å². The summed E-state index contributed by atoms with van der Waals surface area (Å²) in [6, 6.07) is 0. The van der Waals surface area contributed by atoms with Gasteiger partial charge in [0.25, 0.3) is 0 Å². The quantitative estimate of drug-likeness (QED) is 0.615. The van der Waals surface area contributed by atoms with Crippen LogP contribution in [0.2, 0.25) is 14.8 Å². The van der Waals surface area contributed by atoms with Crippen LogP contribution in [-0.4, -0.2) is 38.3 Å². The third kappa shape index (κ3) is 5.98. The van der Waals surface area contributed by atoms with Gasteiger partial charge >= 0.3 is 78.3 Å². The van der Waals surface area contributed by atoms with Crippen LogP contribution in [0.4, 0.5) is 0 Å². The minimum atomic E-state index is -1.96. The molecule has 0 fully saturated rings. The number of hydrogen-bond donors (Lipinski definition) is 0. The van der Waals surface area contributed by atoms with Gasteiger partial charge in [-0.25, -0.2) is 4.98 Å². The molecule has 0 aromatic carbocycles. The van der Waals surface area contributed by atoms with E-state index in [0.29, 0.717) is 0 Å². The molecule has 2 rings (SSSR count). The molecule has 0 atom stereocenters. The molecule has 0 N–H and O–H groups in total. The van der Waals surface area contributed by atoms with Gasteiger partial charge in [0.05, 0.1) is 17.6 Å². The molecule has 0 radical (unpaired) electrons. The minimum Gasteiger partial charge on any atom is -0.257 e. The molecule has 0 unspecified atom stereocenters. The maximum Gasteiger partial charge on any atom is 0.124 e. The Morgan fingerprint density at radius 2 is 1.24 bits per heavy atom. The third-order valence-electron chi connectivity index (χ3n) is 3.12. The average molecular weight is 458 g/mol. The molecular formula is C15H23BrN4Sn. The van der Waals surface area contributed by atoms with Crippen molar-refractivity contribution in [2.45, 2.75) is 42.5 Å². The first-order valence-electron chi connectivity index (χ1n) is 6.87. The Hall–Kier alpha value is -0.561. The predicted octanol–water partition coefficient (Wildman–Crippen LogP) is 3.49. The molecule has 2 aromatic heterocycles. The van der Waals surface area contributed by atoms with E-state index in [1.54, 1.807) is 6.20 Å². The fourth-order valence-corrected chi connectivity index (χ4v) is 4.51. The van der Waals surface area contributed by atoms with Crippen LogP contribution in [0.15, 0.2) is 17.0 Å². The van der Waals surface area contributed by atoms with E-state index in [2.05, 4.69) is 50.7 Å². The van der Waals surface area contributed by atoms with Gasteiger partial charge in [-0.2, -0.15) is 0 Å². The Bertz CT molecular complexity index is 624. The van der Waals surface area contributed by atoms with E-state index in [-0.39, 0.29) is 0 Å². The van der Waals surface area contributed by atoms with Gasteiger partial charge in [-0.1, -0.05) is 0 Å². The van der Waals surface area contributed by atoms with Crippen molar-refractivity contribution in [1.82, 2.24) is 19.9 Å². The number of aryl methyl sites for hydroxylation is 4. The summed E-state index contributed by atoms with van der Waals surface area (Å²) in [7, 11) is 0. The summed E-state index contributed by atoms with van der Waals surface area (Å²) in [5.74, 6) is 0. The van der Waals surface area contributed by atoms with Crippen LogP contribution >= 0.6 is 15.9 Å². The molecular weight excluding hydrogens is 435 g/mol. The molecule has 0 saturated heterocycles. The van der Waals surface area contributed by atoms with Gasteiger partial charge in [-0.3, -0.25) is 4.98 Å². The zero-order valence-electron chi connectivity index (χ0n) is 13.8.